The van der Waals surface area contributed by atoms with Gasteiger partial charge in [-0.1, -0.05) is 67.1 Å². The summed E-state index contributed by atoms with van der Waals surface area (Å²) < 4.78 is 1.76. The third-order valence-corrected chi connectivity index (χ3v) is 8.04. The molecule has 1 atom stereocenters. The highest BCUT2D eigenvalue weighted by Crippen LogP contribution is 2.33. The van der Waals surface area contributed by atoms with Crippen LogP contribution in [0.1, 0.15) is 65.2 Å². The molecule has 198 valence electrons. The summed E-state index contributed by atoms with van der Waals surface area (Å²) in [4.78, 5) is 28.4. The van der Waals surface area contributed by atoms with E-state index in [1.165, 1.54) is 36.0 Å². The fourth-order valence-electron chi connectivity index (χ4n) is 5.79. The van der Waals surface area contributed by atoms with Crippen LogP contribution in [-0.4, -0.2) is 39.0 Å². The topological polar surface area (TPSA) is 67.2 Å². The van der Waals surface area contributed by atoms with E-state index < -0.39 is 0 Å². The van der Waals surface area contributed by atoms with Crippen LogP contribution in [0, 0.1) is 0 Å². The molecule has 2 aliphatic carbocycles. The molecule has 0 spiro atoms. The van der Waals surface area contributed by atoms with Crippen molar-refractivity contribution in [3.8, 4) is 0 Å². The molecule has 1 aromatic heterocycles. The van der Waals surface area contributed by atoms with Gasteiger partial charge in [-0.25, -0.2) is 0 Å². The zero-order valence-corrected chi connectivity index (χ0v) is 22.4. The third kappa shape index (κ3) is 5.71. The monoisotopic (exact) mass is 518 g/mol. The Morgan fingerprint density at radius 3 is 2.77 bits per heavy atom. The van der Waals surface area contributed by atoms with Crippen molar-refractivity contribution < 1.29 is 9.59 Å². The van der Waals surface area contributed by atoms with Crippen LogP contribution in [0.5, 0.6) is 0 Å². The molecule has 0 radical (unpaired) electrons. The van der Waals surface area contributed by atoms with Gasteiger partial charge < -0.3 is 5.32 Å². The third-order valence-electron chi connectivity index (χ3n) is 8.04. The van der Waals surface area contributed by atoms with Gasteiger partial charge in [0.05, 0.1) is 18.3 Å². The Morgan fingerprint density at radius 1 is 1.05 bits per heavy atom. The number of piperidine rings is 1. The summed E-state index contributed by atoms with van der Waals surface area (Å²) in [5.41, 5.74) is 7.75. The summed E-state index contributed by atoms with van der Waals surface area (Å²) in [6, 6.07) is 17.4. The lowest BCUT2D eigenvalue weighted by Gasteiger charge is -2.33. The van der Waals surface area contributed by atoms with Crippen molar-refractivity contribution in [3.63, 3.8) is 0 Å². The number of aromatic nitrogens is 2. The van der Waals surface area contributed by atoms with Gasteiger partial charge in [0.2, 0.25) is 0 Å². The Labute approximate surface area is 229 Å². The van der Waals surface area contributed by atoms with Gasteiger partial charge in [0.25, 0.3) is 5.91 Å². The van der Waals surface area contributed by atoms with E-state index in [1.807, 2.05) is 36.4 Å². The Morgan fingerprint density at radius 2 is 1.92 bits per heavy atom. The number of Topliss-reactive ketones (excluding diaryl/α,β-unsaturated/α-hetero) is 1. The highest BCUT2D eigenvalue weighted by Gasteiger charge is 2.24. The van der Waals surface area contributed by atoms with Crippen molar-refractivity contribution in [2.24, 2.45) is 0 Å². The van der Waals surface area contributed by atoms with Crippen molar-refractivity contribution in [2.75, 3.05) is 6.54 Å². The fourth-order valence-corrected chi connectivity index (χ4v) is 5.79. The number of nitrogens with one attached hydrogen (secondary N) is 1. The number of fused-ring (bicyclic) bond motifs is 1. The standard InChI is InChI=1S/C33H34N4O2/c1-23-7-5-6-14-36(23)20-25-10-11-26-16-28(17-27(26)15-25)31-18-30(12-13-32(31)38)35-33(39)29-19-34-37(22-29)21-24-8-3-2-4-9-24/h2-4,8-12,15,17-19,22-23H,5-7,13-14,16,20-21H2,1H3,(H,35,39)/t23-/m1/s1. The first kappa shape index (κ1) is 25.3. The van der Waals surface area contributed by atoms with Crippen LogP contribution >= 0.6 is 0 Å². The summed E-state index contributed by atoms with van der Waals surface area (Å²) in [5, 5.41) is 7.31. The molecule has 2 aromatic carbocycles. The Hall–Kier alpha value is -4.03. The summed E-state index contributed by atoms with van der Waals surface area (Å²) in [6.45, 7) is 5.06. The number of allylic oxidation sites excluding steroid dienone is 4. The first-order valence-electron chi connectivity index (χ1n) is 13.9. The molecule has 6 nitrogen and oxygen atoms in total. The van der Waals surface area contributed by atoms with Gasteiger partial charge in [0, 0.05) is 36.5 Å². The predicted molar refractivity (Wildman–Crippen MR) is 153 cm³/mol. The number of amides is 1. The average molecular weight is 519 g/mol. The highest BCUT2D eigenvalue weighted by atomic mass is 16.1. The molecule has 3 aromatic rings. The maximum atomic E-state index is 13.0. The molecular formula is C33H34N4O2. The van der Waals surface area contributed by atoms with E-state index in [0.717, 1.165) is 30.6 Å². The summed E-state index contributed by atoms with van der Waals surface area (Å²) in [6.07, 6.45) is 14.0. The van der Waals surface area contributed by atoms with Gasteiger partial charge >= 0.3 is 0 Å². The molecular weight excluding hydrogens is 484 g/mol. The van der Waals surface area contributed by atoms with Crippen LogP contribution in [0.4, 0.5) is 0 Å². The molecule has 6 heteroatoms. The predicted octanol–water partition coefficient (Wildman–Crippen LogP) is 5.46. The summed E-state index contributed by atoms with van der Waals surface area (Å²) >= 11 is 0. The fraction of sp³-hybridized carbons (Fsp3) is 0.303. The Balaban J connectivity index is 1.13. The van der Waals surface area contributed by atoms with Crippen LogP contribution in [0.3, 0.4) is 0 Å². The van der Waals surface area contributed by atoms with Crippen LogP contribution in [-0.2, 0) is 24.3 Å². The number of hydrogen-bond acceptors (Lipinski definition) is 4. The normalized spacial score (nSPS) is 19.3. The molecule has 1 aliphatic heterocycles. The van der Waals surface area contributed by atoms with E-state index >= 15 is 0 Å². The van der Waals surface area contributed by atoms with Crippen molar-refractivity contribution in [1.82, 2.24) is 20.0 Å². The lowest BCUT2D eigenvalue weighted by molar-refractivity contribution is -0.114. The van der Waals surface area contributed by atoms with Crippen LogP contribution in [0.2, 0.25) is 0 Å². The second-order valence-electron chi connectivity index (χ2n) is 10.9. The SMILES string of the molecule is C[C@@H]1CCCCN1Cc1ccc2c(c1)C=C(C1=CC(NC(=O)c3cnn(Cc4ccccc4)c3)=CCC1=O)C2. The van der Waals surface area contributed by atoms with E-state index in [0.29, 0.717) is 29.4 Å². The molecule has 0 saturated carbocycles. The Kier molecular flexibility index (Phi) is 7.12. The second kappa shape index (κ2) is 11.0. The minimum Gasteiger partial charge on any atom is -0.322 e. The summed E-state index contributed by atoms with van der Waals surface area (Å²) in [7, 11) is 0. The molecule has 1 fully saturated rings. The molecule has 1 amide bonds. The lowest BCUT2D eigenvalue weighted by Crippen LogP contribution is -2.36. The number of benzene rings is 2. The van der Waals surface area contributed by atoms with Gasteiger partial charge in [0.15, 0.2) is 5.78 Å². The van der Waals surface area contributed by atoms with Gasteiger partial charge in [0.1, 0.15) is 0 Å². The van der Waals surface area contributed by atoms with Crippen LogP contribution < -0.4 is 5.32 Å². The first-order valence-corrected chi connectivity index (χ1v) is 13.9. The van der Waals surface area contributed by atoms with Crippen LogP contribution in [0.15, 0.2) is 89.9 Å². The van der Waals surface area contributed by atoms with Crippen molar-refractivity contribution in [3.05, 3.63) is 118 Å². The number of ketones is 1. The minimum absolute atomic E-state index is 0.0881. The average Bonchev–Trinajstić information content (AvgIpc) is 3.59. The zero-order valence-electron chi connectivity index (χ0n) is 22.4. The molecule has 0 unspecified atom stereocenters. The van der Waals surface area contributed by atoms with Crippen molar-refractivity contribution in [1.29, 1.82) is 0 Å². The smallest absolute Gasteiger partial charge is 0.258 e. The van der Waals surface area contributed by atoms with Gasteiger partial charge in [-0.2, -0.15) is 5.10 Å². The van der Waals surface area contributed by atoms with E-state index in [1.54, 1.807) is 23.2 Å². The number of likely N-dealkylation sites (tertiary alicyclic amines) is 1. The van der Waals surface area contributed by atoms with Gasteiger partial charge in [-0.15, -0.1) is 0 Å². The van der Waals surface area contributed by atoms with E-state index in [9.17, 15) is 9.59 Å². The molecule has 6 rings (SSSR count). The molecule has 1 saturated heterocycles. The molecule has 0 bridgehead atoms. The number of nitrogens with zero attached hydrogens (tertiary/aromatic N) is 3. The van der Waals surface area contributed by atoms with Gasteiger partial charge in [-0.3, -0.25) is 19.2 Å². The number of rotatable bonds is 7. The molecule has 1 N–H and O–H groups in total. The summed E-state index contributed by atoms with van der Waals surface area (Å²) in [5.74, 6) is -0.143. The minimum atomic E-state index is -0.231. The van der Waals surface area contributed by atoms with E-state index in [2.05, 4.69) is 46.5 Å². The van der Waals surface area contributed by atoms with Crippen LogP contribution in [0.25, 0.3) is 6.08 Å². The lowest BCUT2D eigenvalue weighted by atomic mass is 9.93. The maximum absolute atomic E-state index is 13.0. The quantitative estimate of drug-likeness (QED) is 0.451. The number of hydrogen-bond donors (Lipinski definition) is 1. The van der Waals surface area contributed by atoms with E-state index in [-0.39, 0.29) is 18.1 Å². The van der Waals surface area contributed by atoms with Crippen molar-refractivity contribution >= 4 is 17.8 Å². The molecule has 39 heavy (non-hydrogen) atoms. The number of carbonyl (C=O) groups excluding carboxylic acids is 2. The zero-order chi connectivity index (χ0) is 26.8. The van der Waals surface area contributed by atoms with Gasteiger partial charge in [-0.05, 0) is 66.6 Å². The van der Waals surface area contributed by atoms with E-state index in [4.69, 9.17) is 0 Å². The largest absolute Gasteiger partial charge is 0.322 e. The first-order chi connectivity index (χ1) is 19.0. The highest BCUT2D eigenvalue weighted by molar-refractivity contribution is 6.04. The maximum Gasteiger partial charge on any atom is 0.258 e. The van der Waals surface area contributed by atoms with Crippen molar-refractivity contribution in [2.45, 2.75) is 58.2 Å². The Bertz CT molecular complexity index is 1490. The molecule has 3 aliphatic rings. The molecule has 2 heterocycles. The second-order valence-corrected chi connectivity index (χ2v) is 10.9. The number of carbonyl (C=O) groups is 2.